The highest BCUT2D eigenvalue weighted by atomic mass is 16.2. The fourth-order valence-electron chi connectivity index (χ4n) is 3.18. The first-order valence-corrected chi connectivity index (χ1v) is 8.29. The molecule has 1 aliphatic rings. The van der Waals surface area contributed by atoms with E-state index >= 15 is 0 Å². The number of anilines is 2. The Labute approximate surface area is 146 Å². The molecule has 126 valence electrons. The molecular formula is C19H19N5O. The van der Waals surface area contributed by atoms with Crippen LogP contribution in [0, 0.1) is 0 Å². The smallest absolute Gasteiger partial charge is 0.273 e. The normalized spacial score (nSPS) is 13.6. The van der Waals surface area contributed by atoms with Crippen molar-refractivity contribution in [2.75, 3.05) is 11.9 Å². The second kappa shape index (κ2) is 5.81. The van der Waals surface area contributed by atoms with E-state index in [4.69, 9.17) is 0 Å². The van der Waals surface area contributed by atoms with Gasteiger partial charge in [0.1, 0.15) is 17.8 Å². The Kier molecular flexibility index (Phi) is 3.60. The third kappa shape index (κ3) is 2.50. The fraction of sp³-hybridized carbons (Fsp3) is 0.263. The van der Waals surface area contributed by atoms with Gasteiger partial charge >= 0.3 is 0 Å². The third-order valence-electron chi connectivity index (χ3n) is 4.62. The van der Waals surface area contributed by atoms with Gasteiger partial charge in [-0.15, -0.1) is 0 Å². The third-order valence-corrected chi connectivity index (χ3v) is 4.62. The molecule has 1 aromatic carbocycles. The molecular weight excluding hydrogens is 314 g/mol. The molecule has 1 aliphatic heterocycles. The number of para-hydroxylation sites is 1. The van der Waals surface area contributed by atoms with E-state index in [0.29, 0.717) is 12.2 Å². The maximum Gasteiger partial charge on any atom is 0.273 e. The summed E-state index contributed by atoms with van der Waals surface area (Å²) in [6, 6.07) is 10.2. The quantitative estimate of drug-likeness (QED) is 0.737. The molecule has 6 nitrogen and oxygen atoms in total. The number of fused-ring (bicyclic) bond motifs is 2. The number of aromatic nitrogens is 3. The highest BCUT2D eigenvalue weighted by Crippen LogP contribution is 2.33. The van der Waals surface area contributed by atoms with Gasteiger partial charge in [0.15, 0.2) is 0 Å². The topological polar surface area (TPSA) is 62.2 Å². The zero-order chi connectivity index (χ0) is 17.6. The van der Waals surface area contributed by atoms with Crippen molar-refractivity contribution in [1.82, 2.24) is 19.9 Å². The highest BCUT2D eigenvalue weighted by molar-refractivity contribution is 5.98. The first kappa shape index (κ1) is 15.5. The van der Waals surface area contributed by atoms with Gasteiger partial charge in [-0.25, -0.2) is 9.97 Å². The SMILES string of the molecule is CC(C)N1Cc2c(ncnc2N(C)c2cnc3ccccc3c2)C1=O. The molecule has 25 heavy (non-hydrogen) atoms. The molecule has 0 N–H and O–H groups in total. The highest BCUT2D eigenvalue weighted by Gasteiger charge is 2.34. The molecule has 4 rings (SSSR count). The minimum atomic E-state index is -0.0290. The van der Waals surface area contributed by atoms with Gasteiger partial charge in [-0.2, -0.15) is 0 Å². The van der Waals surface area contributed by atoms with Gasteiger partial charge in [-0.3, -0.25) is 9.78 Å². The van der Waals surface area contributed by atoms with Crippen LogP contribution in [0.15, 0.2) is 42.9 Å². The van der Waals surface area contributed by atoms with Crippen molar-refractivity contribution in [3.8, 4) is 0 Å². The summed E-state index contributed by atoms with van der Waals surface area (Å²) in [5.74, 6) is 0.720. The summed E-state index contributed by atoms with van der Waals surface area (Å²) in [6.45, 7) is 4.55. The van der Waals surface area contributed by atoms with E-state index in [2.05, 4.69) is 21.0 Å². The summed E-state index contributed by atoms with van der Waals surface area (Å²) in [4.78, 5) is 29.5. The monoisotopic (exact) mass is 333 g/mol. The molecule has 6 heteroatoms. The summed E-state index contributed by atoms with van der Waals surface area (Å²) in [6.07, 6.45) is 3.29. The Balaban J connectivity index is 1.76. The van der Waals surface area contributed by atoms with Crippen LogP contribution in [0.5, 0.6) is 0 Å². The molecule has 1 amide bonds. The Morgan fingerprint density at radius 2 is 1.96 bits per heavy atom. The van der Waals surface area contributed by atoms with Crippen molar-refractivity contribution < 1.29 is 4.79 Å². The van der Waals surface area contributed by atoms with E-state index < -0.39 is 0 Å². The molecule has 3 aromatic rings. The lowest BCUT2D eigenvalue weighted by atomic mass is 10.2. The molecule has 0 fully saturated rings. The van der Waals surface area contributed by atoms with Gasteiger partial charge in [-0.1, -0.05) is 18.2 Å². The lowest BCUT2D eigenvalue weighted by molar-refractivity contribution is 0.0726. The molecule has 3 heterocycles. The number of rotatable bonds is 3. The van der Waals surface area contributed by atoms with Gasteiger partial charge in [0.25, 0.3) is 5.91 Å². The summed E-state index contributed by atoms with van der Waals surface area (Å²) in [5, 5.41) is 1.07. The molecule has 0 radical (unpaired) electrons. The number of pyridine rings is 1. The Morgan fingerprint density at radius 3 is 2.76 bits per heavy atom. The molecule has 0 bridgehead atoms. The molecule has 0 saturated carbocycles. The van der Waals surface area contributed by atoms with Crippen LogP contribution in [0.4, 0.5) is 11.5 Å². The van der Waals surface area contributed by atoms with Crippen molar-refractivity contribution in [3.63, 3.8) is 0 Å². The van der Waals surface area contributed by atoms with Gasteiger partial charge in [0, 0.05) is 24.0 Å². The lowest BCUT2D eigenvalue weighted by Crippen LogP contribution is -2.31. The average Bonchev–Trinajstić information content (AvgIpc) is 2.98. The van der Waals surface area contributed by atoms with E-state index in [0.717, 1.165) is 28.0 Å². The lowest BCUT2D eigenvalue weighted by Gasteiger charge is -2.22. The Bertz CT molecular complexity index is 969. The van der Waals surface area contributed by atoms with E-state index in [1.54, 1.807) is 0 Å². The summed E-state index contributed by atoms with van der Waals surface area (Å²) >= 11 is 0. The van der Waals surface area contributed by atoms with Gasteiger partial charge in [0.2, 0.25) is 0 Å². The van der Waals surface area contributed by atoms with Crippen LogP contribution in [0.25, 0.3) is 10.9 Å². The number of nitrogens with zero attached hydrogens (tertiary/aromatic N) is 5. The predicted molar refractivity (Wildman–Crippen MR) is 96.8 cm³/mol. The van der Waals surface area contributed by atoms with Gasteiger partial charge < -0.3 is 9.80 Å². The van der Waals surface area contributed by atoms with Gasteiger partial charge in [0.05, 0.1) is 23.9 Å². The summed E-state index contributed by atoms with van der Waals surface area (Å²) < 4.78 is 0. The zero-order valence-electron chi connectivity index (χ0n) is 14.5. The largest absolute Gasteiger partial charge is 0.330 e. The molecule has 0 atom stereocenters. The van der Waals surface area contributed by atoms with E-state index in [9.17, 15) is 4.79 Å². The van der Waals surface area contributed by atoms with Crippen molar-refractivity contribution in [2.24, 2.45) is 0 Å². The van der Waals surface area contributed by atoms with Crippen LogP contribution in [0.2, 0.25) is 0 Å². The maximum absolute atomic E-state index is 12.5. The number of carbonyl (C=O) groups is 1. The van der Waals surface area contributed by atoms with E-state index in [1.165, 1.54) is 6.33 Å². The van der Waals surface area contributed by atoms with Crippen molar-refractivity contribution in [1.29, 1.82) is 0 Å². The maximum atomic E-state index is 12.5. The van der Waals surface area contributed by atoms with Crippen LogP contribution in [-0.2, 0) is 6.54 Å². The molecule has 0 spiro atoms. The Hall–Kier alpha value is -3.02. The van der Waals surface area contributed by atoms with Crippen molar-refractivity contribution >= 4 is 28.3 Å². The van der Waals surface area contributed by atoms with Gasteiger partial charge in [-0.05, 0) is 26.0 Å². The van der Waals surface area contributed by atoms with Crippen molar-refractivity contribution in [2.45, 2.75) is 26.4 Å². The van der Waals surface area contributed by atoms with E-state index in [-0.39, 0.29) is 11.9 Å². The fourth-order valence-corrected chi connectivity index (χ4v) is 3.18. The summed E-state index contributed by atoms with van der Waals surface area (Å²) in [5.41, 5.74) is 3.25. The van der Waals surface area contributed by atoms with Crippen molar-refractivity contribution in [3.05, 3.63) is 54.1 Å². The number of amides is 1. The average molecular weight is 333 g/mol. The first-order valence-electron chi connectivity index (χ1n) is 8.29. The zero-order valence-corrected chi connectivity index (χ0v) is 14.5. The van der Waals surface area contributed by atoms with Crippen LogP contribution < -0.4 is 4.90 Å². The Morgan fingerprint density at radius 1 is 1.16 bits per heavy atom. The predicted octanol–water partition coefficient (Wildman–Crippen LogP) is 3.16. The molecule has 0 unspecified atom stereocenters. The van der Waals surface area contributed by atoms with E-state index in [1.807, 2.05) is 61.2 Å². The standard InChI is InChI=1S/C19H19N5O/c1-12(2)24-10-15-17(19(24)25)21-11-22-18(15)23(3)14-8-13-6-4-5-7-16(13)20-9-14/h4-9,11-12H,10H2,1-3H3. The number of carbonyl (C=O) groups excluding carboxylic acids is 1. The molecule has 0 saturated heterocycles. The van der Waals surface area contributed by atoms with Crippen LogP contribution >= 0.6 is 0 Å². The molecule has 0 aliphatic carbocycles. The number of hydrogen-bond acceptors (Lipinski definition) is 5. The molecule has 2 aromatic heterocycles. The summed E-state index contributed by atoms with van der Waals surface area (Å²) in [7, 11) is 1.94. The number of benzene rings is 1. The first-order chi connectivity index (χ1) is 12.1. The minimum absolute atomic E-state index is 0.0290. The van der Waals surface area contributed by atoms with Crippen LogP contribution in [0.3, 0.4) is 0 Å². The van der Waals surface area contributed by atoms with Crippen LogP contribution in [-0.4, -0.2) is 38.8 Å². The van der Waals surface area contributed by atoms with Crippen LogP contribution in [0.1, 0.15) is 29.9 Å². The second-order valence-corrected chi connectivity index (χ2v) is 6.50. The second-order valence-electron chi connectivity index (χ2n) is 6.50. The minimum Gasteiger partial charge on any atom is -0.330 e. The number of hydrogen-bond donors (Lipinski definition) is 0.